The van der Waals surface area contributed by atoms with Crippen LogP contribution in [0.3, 0.4) is 0 Å². The number of benzene rings is 1. The molecular formula is C21H31ClN2O2. The van der Waals surface area contributed by atoms with Gasteiger partial charge in [-0.15, -0.1) is 12.4 Å². The molecule has 1 N–H and O–H groups in total. The summed E-state index contributed by atoms with van der Waals surface area (Å²) < 4.78 is 5.98. The van der Waals surface area contributed by atoms with Crippen LogP contribution in [-0.4, -0.2) is 30.4 Å². The predicted molar refractivity (Wildman–Crippen MR) is 109 cm³/mol. The molecule has 0 bridgehead atoms. The highest BCUT2D eigenvalue weighted by atomic mass is 35.5. The van der Waals surface area contributed by atoms with Crippen molar-refractivity contribution >= 4 is 29.3 Å². The van der Waals surface area contributed by atoms with Gasteiger partial charge in [0.25, 0.3) is 0 Å². The molecule has 2 aromatic rings. The molecular weight excluding hydrogens is 348 g/mol. The zero-order chi connectivity index (χ0) is 17.8. The van der Waals surface area contributed by atoms with E-state index in [9.17, 15) is 4.79 Å². The minimum Gasteiger partial charge on any atom is -0.459 e. The van der Waals surface area contributed by atoms with Gasteiger partial charge in [0.2, 0.25) is 5.91 Å². The molecule has 2 heterocycles. The van der Waals surface area contributed by atoms with E-state index in [1.165, 1.54) is 12.8 Å². The fourth-order valence-corrected chi connectivity index (χ4v) is 4.00. The SMILES string of the molecule is CCN(C(=O)CC(C)C1CCNCC1)C(C)c1cc2ccccc2o1.Cl. The van der Waals surface area contributed by atoms with Crippen molar-refractivity contribution in [3.63, 3.8) is 0 Å². The molecule has 4 nitrogen and oxygen atoms in total. The van der Waals surface area contributed by atoms with Crippen LogP contribution in [0.25, 0.3) is 11.0 Å². The maximum Gasteiger partial charge on any atom is 0.223 e. The average Bonchev–Trinajstić information content (AvgIpc) is 3.07. The minimum absolute atomic E-state index is 0. The fraction of sp³-hybridized carbons (Fsp3) is 0.571. The number of carbonyl (C=O) groups excluding carboxylic acids is 1. The van der Waals surface area contributed by atoms with Crippen LogP contribution in [0.15, 0.2) is 34.7 Å². The smallest absolute Gasteiger partial charge is 0.223 e. The first-order valence-corrected chi connectivity index (χ1v) is 9.58. The van der Waals surface area contributed by atoms with E-state index < -0.39 is 0 Å². The van der Waals surface area contributed by atoms with Gasteiger partial charge in [0.05, 0.1) is 6.04 Å². The summed E-state index contributed by atoms with van der Waals surface area (Å²) in [6, 6.07) is 10.0. The zero-order valence-corrected chi connectivity index (χ0v) is 16.8. The molecule has 0 saturated carbocycles. The molecule has 1 aromatic carbocycles. The van der Waals surface area contributed by atoms with Gasteiger partial charge in [-0.3, -0.25) is 4.79 Å². The van der Waals surface area contributed by atoms with Crippen LogP contribution < -0.4 is 5.32 Å². The summed E-state index contributed by atoms with van der Waals surface area (Å²) in [5, 5.41) is 4.49. The third kappa shape index (κ3) is 4.60. The lowest BCUT2D eigenvalue weighted by Crippen LogP contribution is -2.37. The van der Waals surface area contributed by atoms with Crippen molar-refractivity contribution in [3.8, 4) is 0 Å². The average molecular weight is 379 g/mol. The van der Waals surface area contributed by atoms with E-state index in [-0.39, 0.29) is 24.4 Å². The highest BCUT2D eigenvalue weighted by molar-refractivity contribution is 5.85. The van der Waals surface area contributed by atoms with E-state index in [0.717, 1.165) is 29.8 Å². The Morgan fingerprint density at radius 3 is 2.62 bits per heavy atom. The molecule has 0 radical (unpaired) electrons. The molecule has 0 spiro atoms. The number of fused-ring (bicyclic) bond motifs is 1. The van der Waals surface area contributed by atoms with Crippen molar-refractivity contribution < 1.29 is 9.21 Å². The molecule has 5 heteroatoms. The molecule has 2 unspecified atom stereocenters. The summed E-state index contributed by atoms with van der Waals surface area (Å²) in [4.78, 5) is 14.9. The van der Waals surface area contributed by atoms with Crippen LogP contribution in [-0.2, 0) is 4.79 Å². The number of piperidine rings is 1. The summed E-state index contributed by atoms with van der Waals surface area (Å²) in [5.41, 5.74) is 0.885. The van der Waals surface area contributed by atoms with Gasteiger partial charge in [0.15, 0.2) is 0 Å². The van der Waals surface area contributed by atoms with Gasteiger partial charge >= 0.3 is 0 Å². The Morgan fingerprint density at radius 1 is 1.27 bits per heavy atom. The quantitative estimate of drug-likeness (QED) is 0.785. The van der Waals surface area contributed by atoms with Gasteiger partial charge in [0.1, 0.15) is 11.3 Å². The lowest BCUT2D eigenvalue weighted by molar-refractivity contribution is -0.134. The Hall–Kier alpha value is -1.52. The van der Waals surface area contributed by atoms with Gasteiger partial charge in [-0.05, 0) is 63.7 Å². The molecule has 1 amide bonds. The third-order valence-electron chi connectivity index (χ3n) is 5.67. The maximum atomic E-state index is 12.9. The Balaban J connectivity index is 0.00000243. The number of rotatable bonds is 6. The molecule has 26 heavy (non-hydrogen) atoms. The lowest BCUT2D eigenvalue weighted by Gasteiger charge is -2.31. The predicted octanol–water partition coefficient (Wildman–Crippen LogP) is 4.79. The van der Waals surface area contributed by atoms with Gasteiger partial charge < -0.3 is 14.6 Å². The Labute approximate surface area is 162 Å². The maximum absolute atomic E-state index is 12.9. The van der Waals surface area contributed by atoms with Crippen molar-refractivity contribution in [2.45, 2.75) is 46.1 Å². The van der Waals surface area contributed by atoms with Gasteiger partial charge in [0, 0.05) is 18.4 Å². The largest absolute Gasteiger partial charge is 0.459 e. The van der Waals surface area contributed by atoms with Crippen molar-refractivity contribution in [2.24, 2.45) is 11.8 Å². The van der Waals surface area contributed by atoms with E-state index in [2.05, 4.69) is 25.2 Å². The summed E-state index contributed by atoms with van der Waals surface area (Å²) >= 11 is 0. The van der Waals surface area contributed by atoms with E-state index in [4.69, 9.17) is 4.42 Å². The van der Waals surface area contributed by atoms with Crippen LogP contribution in [0.4, 0.5) is 0 Å². The second-order valence-electron chi connectivity index (χ2n) is 7.31. The fourth-order valence-electron chi connectivity index (χ4n) is 4.00. The van der Waals surface area contributed by atoms with Crippen molar-refractivity contribution in [3.05, 3.63) is 36.1 Å². The minimum atomic E-state index is -0.0369. The van der Waals surface area contributed by atoms with Crippen LogP contribution in [0.5, 0.6) is 0 Å². The molecule has 144 valence electrons. The van der Waals surface area contributed by atoms with Gasteiger partial charge in [-0.2, -0.15) is 0 Å². The molecule has 3 rings (SSSR count). The summed E-state index contributed by atoms with van der Waals surface area (Å²) in [6.07, 6.45) is 2.99. The molecule has 2 atom stereocenters. The molecule has 1 aliphatic heterocycles. The number of halogens is 1. The summed E-state index contributed by atoms with van der Waals surface area (Å²) in [7, 11) is 0. The number of hydrogen-bond donors (Lipinski definition) is 1. The van der Waals surface area contributed by atoms with Gasteiger partial charge in [-0.1, -0.05) is 25.1 Å². The number of amides is 1. The van der Waals surface area contributed by atoms with E-state index in [1.54, 1.807) is 0 Å². The summed E-state index contributed by atoms with van der Waals surface area (Å²) in [6.45, 7) is 9.20. The number of furan rings is 1. The lowest BCUT2D eigenvalue weighted by atomic mass is 9.84. The molecule has 1 aromatic heterocycles. The Kier molecular flexibility index (Phi) is 7.54. The normalized spacial score (nSPS) is 17.5. The van der Waals surface area contributed by atoms with E-state index in [1.807, 2.05) is 36.1 Å². The first-order valence-electron chi connectivity index (χ1n) is 9.58. The zero-order valence-electron chi connectivity index (χ0n) is 16.0. The Bertz CT molecular complexity index is 676. The third-order valence-corrected chi connectivity index (χ3v) is 5.67. The topological polar surface area (TPSA) is 45.5 Å². The second kappa shape index (κ2) is 9.43. The van der Waals surface area contributed by atoms with Crippen molar-refractivity contribution in [2.75, 3.05) is 19.6 Å². The van der Waals surface area contributed by atoms with E-state index >= 15 is 0 Å². The number of hydrogen-bond acceptors (Lipinski definition) is 3. The van der Waals surface area contributed by atoms with Crippen molar-refractivity contribution in [1.82, 2.24) is 10.2 Å². The molecule has 0 aliphatic carbocycles. The molecule has 1 aliphatic rings. The second-order valence-corrected chi connectivity index (χ2v) is 7.31. The van der Waals surface area contributed by atoms with Crippen LogP contribution >= 0.6 is 12.4 Å². The number of nitrogens with zero attached hydrogens (tertiary/aromatic N) is 1. The number of para-hydroxylation sites is 1. The standard InChI is InChI=1S/C21H30N2O2.ClH/c1-4-23(21(24)13-15(2)17-9-11-22-12-10-17)16(3)20-14-18-7-5-6-8-19(18)25-20;/h5-8,14-17,22H,4,9-13H2,1-3H3;1H. The monoisotopic (exact) mass is 378 g/mol. The Morgan fingerprint density at radius 2 is 1.96 bits per heavy atom. The van der Waals surface area contributed by atoms with Crippen LogP contribution in [0, 0.1) is 11.8 Å². The first-order chi connectivity index (χ1) is 12.1. The van der Waals surface area contributed by atoms with Gasteiger partial charge in [-0.25, -0.2) is 0 Å². The molecule has 1 fully saturated rings. The highest BCUT2D eigenvalue weighted by Gasteiger charge is 2.27. The number of carbonyl (C=O) groups is 1. The van der Waals surface area contributed by atoms with Crippen molar-refractivity contribution in [1.29, 1.82) is 0 Å². The first kappa shape index (κ1) is 20.8. The van der Waals surface area contributed by atoms with E-state index in [0.29, 0.717) is 24.8 Å². The molecule has 1 saturated heterocycles. The number of nitrogens with one attached hydrogen (secondary N) is 1. The van der Waals surface area contributed by atoms with Crippen LogP contribution in [0.2, 0.25) is 0 Å². The summed E-state index contributed by atoms with van der Waals surface area (Å²) in [5.74, 6) is 2.20. The highest BCUT2D eigenvalue weighted by Crippen LogP contribution is 2.30. The van der Waals surface area contributed by atoms with Crippen LogP contribution in [0.1, 0.15) is 51.8 Å².